The zero-order valence-electron chi connectivity index (χ0n) is 16.1. The third kappa shape index (κ3) is 4.94. The second-order valence-corrected chi connectivity index (χ2v) is 8.42. The minimum Gasteiger partial charge on any atom is -0.495 e. The zero-order chi connectivity index (χ0) is 21.0. The molecule has 1 aromatic carbocycles. The maximum atomic E-state index is 12.6. The van der Waals surface area contributed by atoms with Crippen LogP contribution in [0.5, 0.6) is 5.75 Å². The van der Waals surface area contributed by atoms with Gasteiger partial charge in [0.2, 0.25) is 5.91 Å². The molecule has 1 heterocycles. The summed E-state index contributed by atoms with van der Waals surface area (Å²) in [4.78, 5) is 26.2. The number of hydrogen-bond acceptors (Lipinski definition) is 5. The smallest absolute Gasteiger partial charge is 0.341 e. The summed E-state index contributed by atoms with van der Waals surface area (Å²) in [6.45, 7) is 2.05. The van der Waals surface area contributed by atoms with Crippen LogP contribution in [0.2, 0.25) is 10.0 Å². The summed E-state index contributed by atoms with van der Waals surface area (Å²) in [6.07, 6.45) is 6.78. The van der Waals surface area contributed by atoms with Gasteiger partial charge in [0.05, 0.1) is 24.3 Å². The summed E-state index contributed by atoms with van der Waals surface area (Å²) in [5.41, 5.74) is 2.06. The van der Waals surface area contributed by atoms with E-state index in [-0.39, 0.29) is 12.5 Å². The van der Waals surface area contributed by atoms with E-state index in [2.05, 4.69) is 5.32 Å². The Bertz CT molecular complexity index is 968. The highest BCUT2D eigenvalue weighted by atomic mass is 35.5. The van der Waals surface area contributed by atoms with Crippen molar-refractivity contribution in [3.05, 3.63) is 49.8 Å². The molecule has 8 heteroatoms. The molecule has 5 nitrogen and oxygen atoms in total. The minimum absolute atomic E-state index is 0.284. The van der Waals surface area contributed by atoms with Gasteiger partial charge in [-0.3, -0.25) is 4.79 Å². The molecule has 0 saturated heterocycles. The van der Waals surface area contributed by atoms with E-state index in [4.69, 9.17) is 32.7 Å². The molecule has 0 aliphatic heterocycles. The van der Waals surface area contributed by atoms with Crippen molar-refractivity contribution in [3.63, 3.8) is 0 Å². The highest BCUT2D eigenvalue weighted by Gasteiger charge is 2.26. The van der Waals surface area contributed by atoms with Gasteiger partial charge in [-0.25, -0.2) is 4.79 Å². The predicted molar refractivity (Wildman–Crippen MR) is 118 cm³/mol. The van der Waals surface area contributed by atoms with Crippen LogP contribution in [-0.2, 0) is 22.4 Å². The Kier molecular flexibility index (Phi) is 7.22. The Morgan fingerprint density at radius 2 is 2.00 bits per heavy atom. The van der Waals surface area contributed by atoms with Crippen LogP contribution in [0.4, 0.5) is 5.00 Å². The van der Waals surface area contributed by atoms with E-state index in [1.54, 1.807) is 25.1 Å². The van der Waals surface area contributed by atoms with Crippen LogP contribution in [0.3, 0.4) is 0 Å². The molecule has 2 aromatic rings. The lowest BCUT2D eigenvalue weighted by atomic mass is 9.95. The van der Waals surface area contributed by atoms with Crippen LogP contribution < -0.4 is 10.1 Å². The molecule has 1 N–H and O–H groups in total. The fourth-order valence-corrected chi connectivity index (χ4v) is 5.18. The van der Waals surface area contributed by atoms with Crippen LogP contribution in [-0.4, -0.2) is 25.6 Å². The number of carbonyl (C=O) groups is 2. The van der Waals surface area contributed by atoms with Crippen LogP contribution in [0, 0.1) is 0 Å². The minimum atomic E-state index is -0.394. The predicted octanol–water partition coefficient (Wildman–Crippen LogP) is 5.77. The number of nitrogens with one attached hydrogen (secondary N) is 1. The molecule has 1 amide bonds. The second-order valence-electron chi connectivity index (χ2n) is 6.47. The Morgan fingerprint density at radius 1 is 1.24 bits per heavy atom. The normalized spacial score (nSPS) is 13.2. The van der Waals surface area contributed by atoms with Crippen molar-refractivity contribution in [3.8, 4) is 5.75 Å². The van der Waals surface area contributed by atoms with Gasteiger partial charge in [0.25, 0.3) is 0 Å². The summed E-state index contributed by atoms with van der Waals surface area (Å²) in [7, 11) is 1.49. The van der Waals surface area contributed by atoms with Gasteiger partial charge < -0.3 is 14.8 Å². The number of rotatable bonds is 6. The molecular weight excluding hydrogens is 433 g/mol. The van der Waals surface area contributed by atoms with Crippen LogP contribution in [0.25, 0.3) is 6.08 Å². The lowest BCUT2D eigenvalue weighted by molar-refractivity contribution is -0.111. The Balaban J connectivity index is 1.85. The van der Waals surface area contributed by atoms with E-state index in [1.165, 1.54) is 24.5 Å². The summed E-state index contributed by atoms with van der Waals surface area (Å²) in [5, 5.41) is 4.15. The summed E-state index contributed by atoms with van der Waals surface area (Å²) < 4.78 is 10.5. The number of esters is 1. The quantitative estimate of drug-likeness (QED) is 0.445. The Labute approximate surface area is 183 Å². The monoisotopic (exact) mass is 453 g/mol. The van der Waals surface area contributed by atoms with Crippen LogP contribution in [0.15, 0.2) is 18.2 Å². The van der Waals surface area contributed by atoms with Gasteiger partial charge in [0, 0.05) is 21.5 Å². The molecule has 29 heavy (non-hydrogen) atoms. The maximum absolute atomic E-state index is 12.6. The summed E-state index contributed by atoms with van der Waals surface area (Å²) >= 11 is 13.6. The highest BCUT2D eigenvalue weighted by molar-refractivity contribution is 7.17. The van der Waals surface area contributed by atoms with E-state index in [1.807, 2.05) is 0 Å². The number of amides is 1. The van der Waals surface area contributed by atoms with Gasteiger partial charge in [0.1, 0.15) is 10.8 Å². The fourth-order valence-electron chi connectivity index (χ4n) is 3.31. The average Bonchev–Trinajstić information content (AvgIpc) is 3.04. The maximum Gasteiger partial charge on any atom is 0.341 e. The first kappa shape index (κ1) is 21.7. The third-order valence-electron chi connectivity index (χ3n) is 4.54. The summed E-state index contributed by atoms with van der Waals surface area (Å²) in [6, 6.07) is 3.23. The average molecular weight is 454 g/mol. The first-order valence-corrected chi connectivity index (χ1v) is 10.9. The van der Waals surface area contributed by atoms with Crippen molar-refractivity contribution in [2.45, 2.75) is 32.6 Å². The molecule has 3 rings (SSSR count). The zero-order valence-corrected chi connectivity index (χ0v) is 18.5. The van der Waals surface area contributed by atoms with Crippen molar-refractivity contribution in [2.75, 3.05) is 19.0 Å². The van der Waals surface area contributed by atoms with Crippen LogP contribution >= 0.6 is 34.5 Å². The first-order valence-electron chi connectivity index (χ1n) is 9.28. The molecule has 1 aromatic heterocycles. The molecule has 154 valence electrons. The Hall–Kier alpha value is -2.02. The standard InChI is InChI=1S/C21H21Cl2NO4S/c1-3-28-21(26)18-14-6-4-5-7-16(14)29-20(18)24-17(25)9-8-12-10-13(22)11-15(23)19(12)27-2/h8-11H,3-7H2,1-2H3,(H,24,25)/b9-8+. The molecule has 0 saturated carbocycles. The second kappa shape index (κ2) is 9.65. The lowest BCUT2D eigenvalue weighted by Gasteiger charge is -2.12. The number of thiophene rings is 1. The topological polar surface area (TPSA) is 64.6 Å². The van der Waals surface area contributed by atoms with E-state index < -0.39 is 5.97 Å². The van der Waals surface area contributed by atoms with Crippen molar-refractivity contribution in [1.29, 1.82) is 0 Å². The largest absolute Gasteiger partial charge is 0.495 e. The van der Waals surface area contributed by atoms with Gasteiger partial charge in [-0.15, -0.1) is 11.3 Å². The van der Waals surface area contributed by atoms with Gasteiger partial charge >= 0.3 is 5.97 Å². The molecule has 0 radical (unpaired) electrons. The molecular formula is C21H21Cl2NO4S. The van der Waals surface area contributed by atoms with Gasteiger partial charge in [-0.05, 0) is 56.4 Å². The molecule has 1 aliphatic carbocycles. The third-order valence-corrected chi connectivity index (χ3v) is 6.25. The number of aryl methyl sites for hydroxylation is 1. The molecule has 0 unspecified atom stereocenters. The molecule has 0 atom stereocenters. The van der Waals surface area contributed by atoms with E-state index in [9.17, 15) is 9.59 Å². The number of halogens is 2. The SMILES string of the molecule is CCOC(=O)c1c(NC(=O)/C=C/c2cc(Cl)cc(Cl)c2OC)sc2c1CCCC2. The number of ether oxygens (including phenoxy) is 2. The highest BCUT2D eigenvalue weighted by Crippen LogP contribution is 2.39. The van der Waals surface area contributed by atoms with Crippen molar-refractivity contribution < 1.29 is 19.1 Å². The summed E-state index contributed by atoms with van der Waals surface area (Å²) in [5.74, 6) is -0.333. The number of methoxy groups -OCH3 is 1. The number of benzene rings is 1. The van der Waals surface area contributed by atoms with Crippen LogP contribution in [0.1, 0.15) is 46.1 Å². The Morgan fingerprint density at radius 3 is 2.72 bits per heavy atom. The van der Waals surface area contributed by atoms with Crippen molar-refractivity contribution in [1.82, 2.24) is 0 Å². The fraction of sp³-hybridized carbons (Fsp3) is 0.333. The van der Waals surface area contributed by atoms with E-state index >= 15 is 0 Å². The number of hydrogen-bond donors (Lipinski definition) is 1. The molecule has 0 spiro atoms. The number of anilines is 1. The molecule has 0 fully saturated rings. The molecule has 1 aliphatic rings. The lowest BCUT2D eigenvalue weighted by Crippen LogP contribution is -2.14. The van der Waals surface area contributed by atoms with Gasteiger partial charge in [-0.2, -0.15) is 0 Å². The molecule has 0 bridgehead atoms. The van der Waals surface area contributed by atoms with Crippen molar-refractivity contribution in [2.24, 2.45) is 0 Å². The first-order chi connectivity index (χ1) is 13.9. The van der Waals surface area contributed by atoms with E-state index in [0.29, 0.717) is 31.9 Å². The number of fused-ring (bicyclic) bond motifs is 1. The number of carbonyl (C=O) groups excluding carboxylic acids is 2. The van der Waals surface area contributed by atoms with Crippen molar-refractivity contribution >= 4 is 57.5 Å². The van der Waals surface area contributed by atoms with Gasteiger partial charge in [-0.1, -0.05) is 23.2 Å². The van der Waals surface area contributed by atoms with Gasteiger partial charge in [0.15, 0.2) is 0 Å². The van der Waals surface area contributed by atoms with E-state index in [0.717, 1.165) is 36.1 Å².